The van der Waals surface area contributed by atoms with Crippen LogP contribution in [0.15, 0.2) is 484 Å². The Morgan fingerprint density at radius 2 is 0.429 bits per heavy atom. The minimum absolute atomic E-state index is 0.628. The van der Waals surface area contributed by atoms with E-state index in [9.17, 15) is 0 Å². The van der Waals surface area contributed by atoms with Gasteiger partial charge >= 0.3 is 0 Å². The molecule has 0 aliphatic heterocycles. The quantitative estimate of drug-likeness (QED) is 0.134. The number of hydrogen-bond donors (Lipinski definition) is 0. The molecule has 22 aromatic carbocycles. The SMILES string of the molecule is c1ccc(-c2ccc(-c3nc(-n4c5ccccc5c5c6ccccc6c6c7ccc(-c8ccccc8)cc7sc6c54)nc4ccccc34)cc2)cc1.c1ccc(-c2ccc3c(c2)sc2c3c3ccccc3c3c4ccccc4n(-c4nc(-c5ccccc5)c5ccccc5n4)c23)cc1.c1ccc(-c2ccc3c(c2)sc2c3c3ccccc3c3c4ccccc4n(-c4nc(-c5ccccc5)c5oc6ccccc6c5n4)c23)cc1. The van der Waals surface area contributed by atoms with E-state index in [1.165, 1.54) is 170 Å². The van der Waals surface area contributed by atoms with Gasteiger partial charge in [-0.1, -0.05) is 419 Å². The molecule has 0 saturated heterocycles. The largest absolute Gasteiger partial charge is 0.452 e. The van der Waals surface area contributed by atoms with E-state index in [4.69, 9.17) is 34.3 Å². The second-order valence-corrected chi connectivity index (χ2v) is 40.8. The Morgan fingerprint density at radius 3 is 0.796 bits per heavy atom. The molecule has 0 bridgehead atoms. The molecule has 0 saturated carbocycles. The molecule has 32 aromatic rings. The first kappa shape index (κ1) is 84.0. The van der Waals surface area contributed by atoms with Crippen LogP contribution in [-0.4, -0.2) is 43.6 Å². The molecule has 0 aliphatic carbocycles. The summed E-state index contributed by atoms with van der Waals surface area (Å²) in [6.45, 7) is 0. The van der Waals surface area contributed by atoms with Gasteiger partial charge in [0.05, 0.1) is 69.6 Å². The average molecular weight is 1930 g/mol. The minimum atomic E-state index is 0.628. The van der Waals surface area contributed by atoms with Crippen LogP contribution in [0.3, 0.4) is 0 Å². The molecule has 0 amide bonds. The fraction of sp³-hybridized carbons (Fsp3) is 0. The molecule has 0 unspecified atom stereocenters. The van der Waals surface area contributed by atoms with Crippen molar-refractivity contribution < 1.29 is 4.42 Å². The van der Waals surface area contributed by atoms with E-state index in [0.29, 0.717) is 23.4 Å². The van der Waals surface area contributed by atoms with Crippen molar-refractivity contribution in [2.45, 2.75) is 0 Å². The molecule has 10 heterocycles. The number of para-hydroxylation sites is 6. The van der Waals surface area contributed by atoms with Crippen molar-refractivity contribution in [3.63, 3.8) is 0 Å². The number of fused-ring (bicyclic) bond motifs is 35. The van der Waals surface area contributed by atoms with E-state index in [1.54, 1.807) is 0 Å². The molecule has 10 aromatic heterocycles. The highest BCUT2D eigenvalue weighted by atomic mass is 32.1. The van der Waals surface area contributed by atoms with Crippen LogP contribution in [0.25, 0.3) is 298 Å². The second kappa shape index (κ2) is 34.0. The molecule has 147 heavy (non-hydrogen) atoms. The zero-order chi connectivity index (χ0) is 96.4. The van der Waals surface area contributed by atoms with Gasteiger partial charge in [-0.3, -0.25) is 13.7 Å². The maximum absolute atomic E-state index is 6.47. The Balaban J connectivity index is 0.000000102. The monoisotopic (exact) mass is 1930 g/mol. The molecule has 32 rings (SSSR count). The number of rotatable bonds is 10. The standard InChI is InChI=1S/C48H29N3S.C44H25N3OS.C42H25N3S/c1-3-13-30(14-4-1)32-23-25-33(26-24-32)45-37-19-9-11-21-40(37)49-48(50-45)51-41-22-12-10-20-38(41)43-35-17-7-8-18-36(35)44-39-28-27-34(31-15-5-2-6-16-31)29-42(39)52-47(44)46(43)51;1-3-13-26(14-4-1)28-23-24-33-36(25-28)49-43-38(33)30-18-8-7-17-29(30)37-31-19-9-11-21-34(31)47(41(37)43)44-45-39(27-15-5-2-6-16-27)42-40(46-44)32-20-10-12-22-35(32)48-42;1-3-13-26(14-4-1)28-23-24-33-36(25-28)46-41-38(33)30-18-8-7-17-29(30)37-32-20-10-12-22-35(32)45(40(37)41)42-43-34-21-11-9-19-31(34)39(44-42)27-15-5-2-6-16-27/h1-29H;1-25H;1-25H. The van der Waals surface area contributed by atoms with Crippen LogP contribution in [0.2, 0.25) is 0 Å². The third-order valence-electron chi connectivity index (χ3n) is 29.4. The molecule has 10 nitrogen and oxygen atoms in total. The molecular weight excluding hydrogens is 1850 g/mol. The Labute approximate surface area is 852 Å². The number of aromatic nitrogens is 9. The van der Waals surface area contributed by atoms with E-state index in [1.807, 2.05) is 76.5 Å². The predicted octanol–water partition coefficient (Wildman–Crippen LogP) is 37.2. The van der Waals surface area contributed by atoms with Crippen LogP contribution in [-0.2, 0) is 0 Å². The van der Waals surface area contributed by atoms with Gasteiger partial charge < -0.3 is 4.42 Å². The summed E-state index contributed by atoms with van der Waals surface area (Å²) in [6, 6.07) is 170. The highest BCUT2D eigenvalue weighted by Crippen LogP contribution is 2.54. The van der Waals surface area contributed by atoms with Crippen molar-refractivity contribution in [3.8, 4) is 96.1 Å². The molecule has 0 atom stereocenters. The Morgan fingerprint density at radius 1 is 0.177 bits per heavy atom. The lowest BCUT2D eigenvalue weighted by atomic mass is 9.98. The van der Waals surface area contributed by atoms with Gasteiger partial charge in [-0.15, -0.1) is 34.0 Å². The van der Waals surface area contributed by atoms with E-state index in [0.717, 1.165) is 105 Å². The number of furan rings is 1. The second-order valence-electron chi connectivity index (χ2n) is 37.6. The van der Waals surface area contributed by atoms with Crippen molar-refractivity contribution in [1.29, 1.82) is 0 Å². The number of thiophene rings is 3. The molecule has 0 N–H and O–H groups in total. The highest BCUT2D eigenvalue weighted by Gasteiger charge is 2.31. The Bertz CT molecular complexity index is 11000. The molecule has 0 spiro atoms. The summed E-state index contributed by atoms with van der Waals surface area (Å²) < 4.78 is 20.9. The van der Waals surface area contributed by atoms with E-state index in [2.05, 4.69) is 450 Å². The number of benzene rings is 22. The van der Waals surface area contributed by atoms with E-state index in [-0.39, 0.29) is 0 Å². The first-order valence-corrected chi connectivity index (χ1v) is 52.0. The fourth-order valence-electron chi connectivity index (χ4n) is 22.9. The first-order valence-electron chi connectivity index (χ1n) is 49.5. The molecule has 0 radical (unpaired) electrons. The van der Waals surface area contributed by atoms with Gasteiger partial charge in [0.15, 0.2) is 5.58 Å². The van der Waals surface area contributed by atoms with Crippen molar-refractivity contribution in [3.05, 3.63) is 479 Å². The Hall–Kier alpha value is -18.8. The minimum Gasteiger partial charge on any atom is -0.452 e. The normalized spacial score (nSPS) is 11.9. The van der Waals surface area contributed by atoms with Crippen LogP contribution in [0.5, 0.6) is 0 Å². The van der Waals surface area contributed by atoms with Crippen LogP contribution >= 0.6 is 34.0 Å². The maximum Gasteiger partial charge on any atom is 0.236 e. The van der Waals surface area contributed by atoms with Gasteiger partial charge in [0, 0.05) is 112 Å². The van der Waals surface area contributed by atoms with E-state index >= 15 is 0 Å². The lowest BCUT2D eigenvalue weighted by Gasteiger charge is -2.13. The third kappa shape index (κ3) is 13.4. The van der Waals surface area contributed by atoms with Crippen molar-refractivity contribution in [2.75, 3.05) is 0 Å². The smallest absolute Gasteiger partial charge is 0.236 e. The van der Waals surface area contributed by atoms with Crippen LogP contribution in [0, 0.1) is 0 Å². The third-order valence-corrected chi connectivity index (χ3v) is 32.9. The number of nitrogens with zero attached hydrogens (tertiary/aromatic N) is 9. The molecular formula is C134H79N9OS3. The molecule has 13 heteroatoms. The van der Waals surface area contributed by atoms with Gasteiger partial charge in [0.1, 0.15) is 16.8 Å². The summed E-state index contributed by atoms with van der Waals surface area (Å²) in [6.07, 6.45) is 0. The van der Waals surface area contributed by atoms with Crippen LogP contribution in [0.4, 0.5) is 0 Å². The first-order chi connectivity index (χ1) is 72.9. The maximum atomic E-state index is 6.47. The van der Waals surface area contributed by atoms with Gasteiger partial charge in [0.25, 0.3) is 0 Å². The summed E-state index contributed by atoms with van der Waals surface area (Å²) >= 11 is 5.59. The lowest BCUT2D eigenvalue weighted by molar-refractivity contribution is 0.666. The number of hydrogen-bond acceptors (Lipinski definition) is 10. The summed E-state index contributed by atoms with van der Waals surface area (Å²) in [5, 5.41) is 25.5. The topological polar surface area (TPSA) is 105 Å². The molecule has 0 fully saturated rings. The zero-order valence-electron chi connectivity index (χ0n) is 78.8. The van der Waals surface area contributed by atoms with Crippen molar-refractivity contribution in [1.82, 2.24) is 43.6 Å². The summed E-state index contributed by atoms with van der Waals surface area (Å²) in [5.41, 5.74) is 26.3. The fourth-order valence-corrected chi connectivity index (χ4v) is 26.8. The van der Waals surface area contributed by atoms with Gasteiger partial charge in [0.2, 0.25) is 17.8 Å². The van der Waals surface area contributed by atoms with Gasteiger partial charge in [-0.2, -0.15) is 0 Å². The summed E-state index contributed by atoms with van der Waals surface area (Å²) in [7, 11) is 0. The summed E-state index contributed by atoms with van der Waals surface area (Å²) in [4.78, 5) is 32.1. The van der Waals surface area contributed by atoms with Crippen LogP contribution < -0.4 is 0 Å². The van der Waals surface area contributed by atoms with Gasteiger partial charge in [-0.05, 0) is 137 Å². The Kier molecular flexibility index (Phi) is 19.4. The summed E-state index contributed by atoms with van der Waals surface area (Å²) in [5.74, 6) is 1.98. The van der Waals surface area contributed by atoms with Crippen molar-refractivity contribution in [2.24, 2.45) is 0 Å². The lowest BCUT2D eigenvalue weighted by Crippen LogP contribution is -2.03. The van der Waals surface area contributed by atoms with Crippen LogP contribution in [0.1, 0.15) is 0 Å². The zero-order valence-corrected chi connectivity index (χ0v) is 81.2. The average Bonchev–Trinajstić information content (AvgIpc) is 1.54. The van der Waals surface area contributed by atoms with E-state index < -0.39 is 0 Å². The predicted molar refractivity (Wildman–Crippen MR) is 621 cm³/mol. The highest BCUT2D eigenvalue weighted by molar-refractivity contribution is 7.28. The van der Waals surface area contributed by atoms with Gasteiger partial charge in [-0.25, -0.2) is 29.9 Å². The molecule has 684 valence electrons. The van der Waals surface area contributed by atoms with Crippen molar-refractivity contribution >= 4 is 236 Å². The molecule has 0 aliphatic rings.